The Kier molecular flexibility index (Phi) is 6.55. The predicted molar refractivity (Wildman–Crippen MR) is 96.6 cm³/mol. The molecule has 2 aromatic rings. The number of amides is 2. The van der Waals surface area contributed by atoms with Gasteiger partial charge in [0.25, 0.3) is 0 Å². The van der Waals surface area contributed by atoms with Crippen LogP contribution in [0.5, 0.6) is 0 Å². The largest absolute Gasteiger partial charge is 0.418 e. The molecule has 0 saturated carbocycles. The van der Waals surface area contributed by atoms with Gasteiger partial charge in [0.05, 0.1) is 22.0 Å². The van der Waals surface area contributed by atoms with Crippen molar-refractivity contribution in [2.45, 2.75) is 18.0 Å². The zero-order valence-electron chi connectivity index (χ0n) is 13.5. The van der Waals surface area contributed by atoms with E-state index in [2.05, 4.69) is 10.6 Å². The first-order chi connectivity index (χ1) is 12.2. The number of carbonyl (C=O) groups is 2. The van der Waals surface area contributed by atoms with Crippen molar-refractivity contribution in [3.63, 3.8) is 0 Å². The Morgan fingerprint density at radius 3 is 2.42 bits per heavy atom. The Labute approximate surface area is 157 Å². The molecule has 2 N–H and O–H groups in total. The number of nitrogens with one attached hydrogen (secondary N) is 2. The van der Waals surface area contributed by atoms with Gasteiger partial charge in [-0.2, -0.15) is 13.2 Å². The minimum absolute atomic E-state index is 0.00623. The second kappa shape index (κ2) is 8.46. The first kappa shape index (κ1) is 20.1. The van der Waals surface area contributed by atoms with Gasteiger partial charge in [-0.15, -0.1) is 11.8 Å². The molecule has 0 aliphatic carbocycles. The fraction of sp³-hybridized carbons (Fsp3) is 0.176. The third-order valence-electron chi connectivity index (χ3n) is 3.11. The zero-order chi connectivity index (χ0) is 19.3. The van der Waals surface area contributed by atoms with Gasteiger partial charge in [0.15, 0.2) is 0 Å². The van der Waals surface area contributed by atoms with Crippen LogP contribution in [0.4, 0.5) is 24.5 Å². The molecule has 0 spiro atoms. The Morgan fingerprint density at radius 2 is 1.81 bits per heavy atom. The topological polar surface area (TPSA) is 58.2 Å². The van der Waals surface area contributed by atoms with E-state index in [9.17, 15) is 22.8 Å². The van der Waals surface area contributed by atoms with Crippen molar-refractivity contribution in [3.8, 4) is 0 Å². The maximum absolute atomic E-state index is 13.2. The van der Waals surface area contributed by atoms with Gasteiger partial charge in [0.2, 0.25) is 11.8 Å². The maximum atomic E-state index is 13.2. The second-order valence-electron chi connectivity index (χ2n) is 5.21. The van der Waals surface area contributed by atoms with E-state index in [4.69, 9.17) is 11.6 Å². The van der Waals surface area contributed by atoms with Crippen molar-refractivity contribution < 1.29 is 22.8 Å². The van der Waals surface area contributed by atoms with Crippen LogP contribution < -0.4 is 10.6 Å². The van der Waals surface area contributed by atoms with Crippen LogP contribution in [-0.2, 0) is 15.8 Å². The Hall–Kier alpha value is -2.19. The summed E-state index contributed by atoms with van der Waals surface area (Å²) in [4.78, 5) is 23.7. The monoisotopic (exact) mass is 402 g/mol. The Bertz CT molecular complexity index is 828. The summed E-state index contributed by atoms with van der Waals surface area (Å²) in [7, 11) is 0. The molecule has 2 amide bonds. The summed E-state index contributed by atoms with van der Waals surface area (Å²) >= 11 is 7.09. The lowest BCUT2D eigenvalue weighted by atomic mass is 10.1. The quantitative estimate of drug-likeness (QED) is 0.688. The van der Waals surface area contributed by atoms with Gasteiger partial charge >= 0.3 is 6.18 Å². The van der Waals surface area contributed by atoms with Crippen LogP contribution in [0.25, 0.3) is 0 Å². The number of hydrogen-bond donors (Lipinski definition) is 2. The molecule has 0 fully saturated rings. The molecule has 0 radical (unpaired) electrons. The zero-order valence-corrected chi connectivity index (χ0v) is 15.1. The van der Waals surface area contributed by atoms with E-state index >= 15 is 0 Å². The number of benzene rings is 2. The van der Waals surface area contributed by atoms with Gasteiger partial charge in [-0.3, -0.25) is 9.59 Å². The highest BCUT2D eigenvalue weighted by molar-refractivity contribution is 8.00. The van der Waals surface area contributed by atoms with Crippen LogP contribution in [-0.4, -0.2) is 17.6 Å². The highest BCUT2D eigenvalue weighted by atomic mass is 35.5. The summed E-state index contributed by atoms with van der Waals surface area (Å²) in [5.41, 5.74) is -1.43. The Morgan fingerprint density at radius 1 is 1.12 bits per heavy atom. The van der Waals surface area contributed by atoms with Crippen LogP contribution in [0, 0.1) is 0 Å². The molecule has 0 aliphatic heterocycles. The van der Waals surface area contributed by atoms with Crippen molar-refractivity contribution >= 4 is 46.6 Å². The Balaban J connectivity index is 2.13. The number of rotatable bonds is 5. The maximum Gasteiger partial charge on any atom is 0.418 e. The lowest BCUT2D eigenvalue weighted by molar-refractivity contribution is -0.137. The smallest absolute Gasteiger partial charge is 0.326 e. The first-order valence-corrected chi connectivity index (χ1v) is 8.69. The third kappa shape index (κ3) is 5.67. The van der Waals surface area contributed by atoms with E-state index in [0.717, 1.165) is 23.9 Å². The molecule has 2 aromatic carbocycles. The molecule has 4 nitrogen and oxygen atoms in total. The molecule has 0 bridgehead atoms. The average Bonchev–Trinajstić information content (AvgIpc) is 2.54. The summed E-state index contributed by atoms with van der Waals surface area (Å²) < 4.78 is 39.7. The van der Waals surface area contributed by atoms with Crippen molar-refractivity contribution in [2.75, 3.05) is 16.4 Å². The summed E-state index contributed by atoms with van der Waals surface area (Å²) in [5.74, 6) is -1.20. The molecule has 0 heterocycles. The second-order valence-corrected chi connectivity index (χ2v) is 6.63. The third-order valence-corrected chi connectivity index (χ3v) is 4.63. The van der Waals surface area contributed by atoms with Gasteiger partial charge < -0.3 is 10.6 Å². The van der Waals surface area contributed by atoms with Crippen LogP contribution in [0.3, 0.4) is 0 Å². The van der Waals surface area contributed by atoms with Gasteiger partial charge in [0.1, 0.15) is 0 Å². The molecule has 0 atom stereocenters. The molecule has 9 heteroatoms. The van der Waals surface area contributed by atoms with E-state index in [1.165, 1.54) is 13.0 Å². The van der Waals surface area contributed by atoms with E-state index in [0.29, 0.717) is 9.92 Å². The summed E-state index contributed by atoms with van der Waals surface area (Å²) in [5, 5.41) is 4.99. The number of anilines is 2. The molecule has 138 valence electrons. The molecule has 0 aromatic heterocycles. The van der Waals surface area contributed by atoms with E-state index in [1.807, 2.05) is 0 Å². The normalized spacial score (nSPS) is 11.1. The minimum atomic E-state index is -4.69. The molecule has 0 aliphatic rings. The van der Waals surface area contributed by atoms with Crippen LogP contribution >= 0.6 is 23.4 Å². The molecular weight excluding hydrogens is 389 g/mol. The highest BCUT2D eigenvalue weighted by Crippen LogP contribution is 2.37. The van der Waals surface area contributed by atoms with Crippen LogP contribution in [0.1, 0.15) is 12.5 Å². The average molecular weight is 403 g/mol. The number of carbonyl (C=O) groups excluding carboxylic acids is 2. The van der Waals surface area contributed by atoms with Crippen molar-refractivity contribution in [1.29, 1.82) is 0 Å². The van der Waals surface area contributed by atoms with Crippen molar-refractivity contribution in [2.24, 2.45) is 0 Å². The molecule has 26 heavy (non-hydrogen) atoms. The predicted octanol–water partition coefficient (Wildman–Crippen LogP) is 5.05. The number of hydrogen-bond acceptors (Lipinski definition) is 3. The van der Waals surface area contributed by atoms with Gasteiger partial charge in [-0.1, -0.05) is 23.7 Å². The van der Waals surface area contributed by atoms with Crippen molar-refractivity contribution in [1.82, 2.24) is 0 Å². The fourth-order valence-electron chi connectivity index (χ4n) is 2.06. The van der Waals surface area contributed by atoms with E-state index in [1.54, 1.807) is 24.3 Å². The summed E-state index contributed by atoms with van der Waals surface area (Å²) in [6.07, 6.45) is -4.69. The van der Waals surface area contributed by atoms with Gasteiger partial charge in [-0.25, -0.2) is 0 Å². The number of alkyl halides is 3. The SMILES string of the molecule is CC(=O)Nc1ccc(NC(=O)CSc2ccccc2Cl)c(C(F)(F)F)c1. The molecule has 2 rings (SSSR count). The van der Waals surface area contributed by atoms with E-state index < -0.39 is 23.6 Å². The number of halogens is 4. The fourth-order valence-corrected chi connectivity index (χ4v) is 3.10. The van der Waals surface area contributed by atoms with E-state index in [-0.39, 0.29) is 17.1 Å². The highest BCUT2D eigenvalue weighted by Gasteiger charge is 2.34. The minimum Gasteiger partial charge on any atom is -0.326 e. The van der Waals surface area contributed by atoms with Crippen LogP contribution in [0.15, 0.2) is 47.4 Å². The standard InChI is InChI=1S/C17H14ClF3N2O2S/c1-10(24)22-11-6-7-14(12(8-11)17(19,20)21)23-16(25)9-26-15-5-3-2-4-13(15)18/h2-8H,9H2,1H3,(H,22,24)(H,23,25). The molecular formula is C17H14ClF3N2O2S. The first-order valence-electron chi connectivity index (χ1n) is 7.33. The molecule has 0 unspecified atom stereocenters. The van der Waals surface area contributed by atoms with Crippen LogP contribution in [0.2, 0.25) is 5.02 Å². The van der Waals surface area contributed by atoms with Crippen molar-refractivity contribution in [3.05, 3.63) is 53.1 Å². The summed E-state index contributed by atoms with van der Waals surface area (Å²) in [6.45, 7) is 1.19. The number of thioether (sulfide) groups is 1. The van der Waals surface area contributed by atoms with Gasteiger partial charge in [0, 0.05) is 17.5 Å². The molecule has 0 saturated heterocycles. The van der Waals surface area contributed by atoms with Gasteiger partial charge in [-0.05, 0) is 30.3 Å². The summed E-state index contributed by atoms with van der Waals surface area (Å²) in [6, 6.07) is 10.0. The lowest BCUT2D eigenvalue weighted by Crippen LogP contribution is -2.18. The lowest BCUT2D eigenvalue weighted by Gasteiger charge is -2.15.